The van der Waals surface area contributed by atoms with Gasteiger partial charge in [0.05, 0.1) is 10.3 Å². The van der Waals surface area contributed by atoms with Crippen LogP contribution in [-0.2, 0) is 0 Å². The van der Waals surface area contributed by atoms with Crippen LogP contribution in [0, 0.1) is 17.0 Å². The summed E-state index contributed by atoms with van der Waals surface area (Å²) in [6, 6.07) is 19.1. The summed E-state index contributed by atoms with van der Waals surface area (Å²) in [6.45, 7) is 1.91. The number of hydrogen-bond donors (Lipinski definition) is 1. The highest BCUT2D eigenvalue weighted by molar-refractivity contribution is 6.04. The Balaban J connectivity index is 1.58. The molecular formula is C23H16N2O5. The number of fused-ring (bicyclic) bond motifs is 1. The SMILES string of the molecule is Cc1ccc2oc(-c3ccc(C(=O)Nc4cccc([N+](=O)[O-])c4)cc3)cc(=O)c2c1. The third kappa shape index (κ3) is 3.81. The minimum atomic E-state index is -0.525. The summed E-state index contributed by atoms with van der Waals surface area (Å²) in [5.41, 5.74) is 2.57. The number of anilines is 1. The van der Waals surface area contributed by atoms with Crippen molar-refractivity contribution >= 4 is 28.3 Å². The van der Waals surface area contributed by atoms with Crippen LogP contribution in [-0.4, -0.2) is 10.8 Å². The molecule has 30 heavy (non-hydrogen) atoms. The van der Waals surface area contributed by atoms with Crippen LogP contribution in [0.2, 0.25) is 0 Å². The summed E-state index contributed by atoms with van der Waals surface area (Å²) in [7, 11) is 0. The second kappa shape index (κ2) is 7.63. The number of non-ortho nitro benzene ring substituents is 1. The first-order valence-corrected chi connectivity index (χ1v) is 9.11. The van der Waals surface area contributed by atoms with Gasteiger partial charge in [-0.05, 0) is 37.3 Å². The van der Waals surface area contributed by atoms with Crippen molar-refractivity contribution < 1.29 is 14.1 Å². The van der Waals surface area contributed by atoms with Gasteiger partial charge in [-0.25, -0.2) is 0 Å². The molecule has 0 spiro atoms. The van der Waals surface area contributed by atoms with Crippen LogP contribution in [0.5, 0.6) is 0 Å². The maximum Gasteiger partial charge on any atom is 0.271 e. The number of carbonyl (C=O) groups is 1. The second-order valence-corrected chi connectivity index (χ2v) is 6.81. The first-order valence-electron chi connectivity index (χ1n) is 9.11. The Hall–Kier alpha value is -4.26. The summed E-state index contributed by atoms with van der Waals surface area (Å²) < 4.78 is 5.85. The van der Waals surface area contributed by atoms with E-state index in [0.29, 0.717) is 33.5 Å². The van der Waals surface area contributed by atoms with E-state index in [1.807, 2.05) is 13.0 Å². The van der Waals surface area contributed by atoms with Crippen LogP contribution in [0.3, 0.4) is 0 Å². The highest BCUT2D eigenvalue weighted by Gasteiger charge is 2.12. The molecule has 4 aromatic rings. The molecule has 0 aliphatic carbocycles. The average Bonchev–Trinajstić information content (AvgIpc) is 2.74. The number of nitrogens with one attached hydrogen (secondary N) is 1. The molecule has 0 saturated carbocycles. The predicted molar refractivity (Wildman–Crippen MR) is 114 cm³/mol. The number of carbonyl (C=O) groups excluding carboxylic acids is 1. The molecule has 1 heterocycles. The van der Waals surface area contributed by atoms with E-state index < -0.39 is 10.8 Å². The standard InChI is InChI=1S/C23H16N2O5/c1-14-5-10-21-19(11-14)20(26)13-22(30-21)15-6-8-16(9-7-15)23(27)24-17-3-2-4-18(12-17)25(28)29/h2-13H,1H3,(H,24,27). The number of nitrogens with zero attached hydrogens (tertiary/aromatic N) is 1. The van der Waals surface area contributed by atoms with E-state index in [1.54, 1.807) is 42.5 Å². The van der Waals surface area contributed by atoms with Crippen molar-refractivity contribution in [1.29, 1.82) is 0 Å². The van der Waals surface area contributed by atoms with Gasteiger partial charge >= 0.3 is 0 Å². The highest BCUT2D eigenvalue weighted by Crippen LogP contribution is 2.24. The fourth-order valence-corrected chi connectivity index (χ4v) is 3.10. The molecule has 0 saturated heterocycles. The summed E-state index contributed by atoms with van der Waals surface area (Å²) in [5, 5.41) is 14.0. The average molecular weight is 400 g/mol. The molecule has 7 nitrogen and oxygen atoms in total. The molecule has 3 aromatic carbocycles. The van der Waals surface area contributed by atoms with Gasteiger partial charge in [0, 0.05) is 35.0 Å². The van der Waals surface area contributed by atoms with E-state index in [1.165, 1.54) is 24.3 Å². The maximum absolute atomic E-state index is 12.4. The molecule has 1 amide bonds. The lowest BCUT2D eigenvalue weighted by Crippen LogP contribution is -2.11. The van der Waals surface area contributed by atoms with Crippen molar-refractivity contribution in [3.63, 3.8) is 0 Å². The number of benzene rings is 3. The Morgan fingerprint density at radius 2 is 1.77 bits per heavy atom. The summed E-state index contributed by atoms with van der Waals surface area (Å²) in [4.78, 5) is 35.2. The van der Waals surface area contributed by atoms with Crippen LogP contribution in [0.1, 0.15) is 15.9 Å². The van der Waals surface area contributed by atoms with Crippen molar-refractivity contribution in [2.24, 2.45) is 0 Å². The third-order valence-corrected chi connectivity index (χ3v) is 4.63. The Morgan fingerprint density at radius 1 is 1.00 bits per heavy atom. The first kappa shape index (κ1) is 19.1. The minimum absolute atomic E-state index is 0.107. The number of aryl methyl sites for hydroxylation is 1. The molecule has 0 atom stereocenters. The molecule has 148 valence electrons. The van der Waals surface area contributed by atoms with Gasteiger partial charge in [-0.15, -0.1) is 0 Å². The lowest BCUT2D eigenvalue weighted by molar-refractivity contribution is -0.384. The van der Waals surface area contributed by atoms with Gasteiger partial charge in [0.1, 0.15) is 11.3 Å². The van der Waals surface area contributed by atoms with E-state index in [9.17, 15) is 19.7 Å². The third-order valence-electron chi connectivity index (χ3n) is 4.63. The Kier molecular flexibility index (Phi) is 4.85. The predicted octanol–water partition coefficient (Wildman–Crippen LogP) is 4.93. The summed E-state index contributed by atoms with van der Waals surface area (Å²) >= 11 is 0. The number of hydrogen-bond acceptors (Lipinski definition) is 5. The first-order chi connectivity index (χ1) is 14.4. The van der Waals surface area contributed by atoms with Gasteiger partial charge in [0.25, 0.3) is 11.6 Å². The Bertz CT molecular complexity index is 1340. The van der Waals surface area contributed by atoms with Crippen molar-refractivity contribution in [3.05, 3.63) is 104 Å². The lowest BCUT2D eigenvalue weighted by atomic mass is 10.1. The van der Waals surface area contributed by atoms with E-state index in [-0.39, 0.29) is 11.1 Å². The summed E-state index contributed by atoms with van der Waals surface area (Å²) in [5.74, 6) is -0.000479. The quantitative estimate of drug-likeness (QED) is 0.386. The fourth-order valence-electron chi connectivity index (χ4n) is 3.10. The highest BCUT2D eigenvalue weighted by atomic mass is 16.6. The van der Waals surface area contributed by atoms with E-state index in [4.69, 9.17) is 4.42 Å². The zero-order valence-corrected chi connectivity index (χ0v) is 15.9. The maximum atomic E-state index is 12.4. The van der Waals surface area contributed by atoms with Crippen LogP contribution < -0.4 is 10.7 Å². The molecule has 0 fully saturated rings. The fraction of sp³-hybridized carbons (Fsp3) is 0.0435. The van der Waals surface area contributed by atoms with Crippen molar-refractivity contribution in [2.45, 2.75) is 6.92 Å². The van der Waals surface area contributed by atoms with Crippen LogP contribution in [0.4, 0.5) is 11.4 Å². The van der Waals surface area contributed by atoms with Gasteiger partial charge < -0.3 is 9.73 Å². The molecule has 0 aliphatic rings. The van der Waals surface area contributed by atoms with Crippen LogP contribution in [0.15, 0.2) is 82.0 Å². The molecule has 0 bridgehead atoms. The van der Waals surface area contributed by atoms with Crippen LogP contribution in [0.25, 0.3) is 22.3 Å². The van der Waals surface area contributed by atoms with Crippen LogP contribution >= 0.6 is 0 Å². The molecule has 0 radical (unpaired) electrons. The van der Waals surface area contributed by atoms with E-state index in [2.05, 4.69) is 5.32 Å². The zero-order chi connectivity index (χ0) is 21.3. The zero-order valence-electron chi connectivity index (χ0n) is 15.9. The van der Waals surface area contributed by atoms with Gasteiger partial charge in [-0.3, -0.25) is 19.7 Å². The minimum Gasteiger partial charge on any atom is -0.456 e. The normalized spacial score (nSPS) is 10.7. The van der Waals surface area contributed by atoms with Gasteiger partial charge in [-0.2, -0.15) is 0 Å². The monoisotopic (exact) mass is 400 g/mol. The van der Waals surface area contributed by atoms with Crippen molar-refractivity contribution in [3.8, 4) is 11.3 Å². The number of amides is 1. The van der Waals surface area contributed by atoms with Gasteiger partial charge in [0.2, 0.25) is 0 Å². The number of nitro groups is 1. The van der Waals surface area contributed by atoms with Gasteiger partial charge in [-0.1, -0.05) is 29.8 Å². The smallest absolute Gasteiger partial charge is 0.271 e. The molecule has 1 N–H and O–H groups in total. The van der Waals surface area contributed by atoms with Gasteiger partial charge in [0.15, 0.2) is 5.43 Å². The molecule has 0 aliphatic heterocycles. The van der Waals surface area contributed by atoms with Crippen molar-refractivity contribution in [1.82, 2.24) is 0 Å². The molecule has 7 heteroatoms. The molecular weight excluding hydrogens is 384 g/mol. The van der Waals surface area contributed by atoms with E-state index in [0.717, 1.165) is 5.56 Å². The molecule has 1 aromatic heterocycles. The lowest BCUT2D eigenvalue weighted by Gasteiger charge is -2.07. The topological polar surface area (TPSA) is 102 Å². The largest absolute Gasteiger partial charge is 0.456 e. The van der Waals surface area contributed by atoms with Crippen molar-refractivity contribution in [2.75, 3.05) is 5.32 Å². The number of nitro benzene ring substituents is 1. The molecule has 4 rings (SSSR count). The Labute approximate surface area is 170 Å². The summed E-state index contributed by atoms with van der Waals surface area (Å²) in [6.07, 6.45) is 0. The Morgan fingerprint density at radius 3 is 2.50 bits per heavy atom. The molecule has 0 unspecified atom stereocenters. The second-order valence-electron chi connectivity index (χ2n) is 6.81. The van der Waals surface area contributed by atoms with E-state index >= 15 is 0 Å². The number of rotatable bonds is 4.